The first-order chi connectivity index (χ1) is 9.85. The van der Waals surface area contributed by atoms with Gasteiger partial charge in [-0.2, -0.15) is 0 Å². The van der Waals surface area contributed by atoms with Gasteiger partial charge in [-0.1, -0.05) is 6.07 Å². The van der Waals surface area contributed by atoms with Gasteiger partial charge < -0.3 is 10.1 Å². The van der Waals surface area contributed by atoms with Crippen LogP contribution in [0.3, 0.4) is 0 Å². The zero-order valence-electron chi connectivity index (χ0n) is 11.9. The fourth-order valence-electron chi connectivity index (χ4n) is 2.65. The molecule has 3 nitrogen and oxygen atoms in total. The van der Waals surface area contributed by atoms with E-state index in [1.807, 2.05) is 18.3 Å². The lowest BCUT2D eigenvalue weighted by Crippen LogP contribution is -2.01. The Labute approximate surface area is 120 Å². The number of fused-ring (bicyclic) bond motifs is 1. The summed E-state index contributed by atoms with van der Waals surface area (Å²) in [5, 5.41) is 3.21. The molecular weight excluding hydrogens is 248 g/mol. The molecule has 104 valence electrons. The lowest BCUT2D eigenvalue weighted by atomic mass is 10.1. The largest absolute Gasteiger partial charge is 0.489 e. The van der Waals surface area contributed by atoms with Crippen molar-refractivity contribution in [3.8, 4) is 5.75 Å². The number of benzene rings is 1. The normalized spacial score (nSPS) is 13.1. The number of hydrogen-bond acceptors (Lipinski definition) is 3. The summed E-state index contributed by atoms with van der Waals surface area (Å²) < 4.78 is 5.89. The van der Waals surface area contributed by atoms with Crippen LogP contribution in [0, 0.1) is 0 Å². The molecule has 0 bridgehead atoms. The zero-order valence-corrected chi connectivity index (χ0v) is 11.9. The maximum absolute atomic E-state index is 5.89. The highest BCUT2D eigenvalue weighted by Crippen LogP contribution is 2.26. The Bertz CT molecular complexity index is 595. The Hall–Kier alpha value is -2.03. The summed E-state index contributed by atoms with van der Waals surface area (Å²) >= 11 is 0. The van der Waals surface area contributed by atoms with E-state index in [2.05, 4.69) is 35.4 Å². The molecule has 1 aliphatic carbocycles. The molecule has 3 heteroatoms. The van der Waals surface area contributed by atoms with Gasteiger partial charge >= 0.3 is 0 Å². The van der Waals surface area contributed by atoms with Crippen molar-refractivity contribution < 1.29 is 4.74 Å². The molecule has 0 saturated carbocycles. The number of rotatable bonds is 5. The SMILES string of the molecule is CCNc1cc(COc2ccc3c(c2)CCC3)ccn1. The molecule has 1 aromatic heterocycles. The molecule has 1 aliphatic rings. The number of ether oxygens (including phenoxy) is 1. The van der Waals surface area contributed by atoms with Crippen LogP contribution in [0.5, 0.6) is 5.75 Å². The van der Waals surface area contributed by atoms with E-state index < -0.39 is 0 Å². The van der Waals surface area contributed by atoms with Gasteiger partial charge in [0.2, 0.25) is 0 Å². The average molecular weight is 268 g/mol. The zero-order chi connectivity index (χ0) is 13.8. The van der Waals surface area contributed by atoms with Crippen molar-refractivity contribution in [1.29, 1.82) is 0 Å². The molecule has 0 aliphatic heterocycles. The summed E-state index contributed by atoms with van der Waals surface area (Å²) in [4.78, 5) is 4.26. The average Bonchev–Trinajstić information content (AvgIpc) is 2.93. The molecular formula is C17H20N2O. The molecule has 1 aromatic carbocycles. The smallest absolute Gasteiger partial charge is 0.126 e. The highest BCUT2D eigenvalue weighted by Gasteiger charge is 2.11. The van der Waals surface area contributed by atoms with Crippen LogP contribution in [0.1, 0.15) is 30.0 Å². The fraction of sp³-hybridized carbons (Fsp3) is 0.353. The molecule has 0 fully saturated rings. The number of nitrogens with one attached hydrogen (secondary N) is 1. The summed E-state index contributed by atoms with van der Waals surface area (Å²) in [6.07, 6.45) is 5.49. The minimum Gasteiger partial charge on any atom is -0.489 e. The van der Waals surface area contributed by atoms with E-state index in [1.165, 1.54) is 30.4 Å². The predicted molar refractivity (Wildman–Crippen MR) is 81.2 cm³/mol. The molecule has 0 saturated heterocycles. The number of nitrogens with zero attached hydrogens (tertiary/aromatic N) is 1. The highest BCUT2D eigenvalue weighted by atomic mass is 16.5. The van der Waals surface area contributed by atoms with Crippen molar-refractivity contribution in [1.82, 2.24) is 4.98 Å². The van der Waals surface area contributed by atoms with E-state index in [0.717, 1.165) is 23.7 Å². The standard InChI is InChI=1S/C17H20N2O/c1-2-18-17-10-13(8-9-19-17)12-20-16-7-6-14-4-3-5-15(14)11-16/h6-11H,2-5,12H2,1H3,(H,18,19). The molecule has 2 aromatic rings. The van der Waals surface area contributed by atoms with Crippen LogP contribution in [-0.4, -0.2) is 11.5 Å². The van der Waals surface area contributed by atoms with Crippen LogP contribution in [-0.2, 0) is 19.4 Å². The van der Waals surface area contributed by atoms with E-state index in [9.17, 15) is 0 Å². The maximum atomic E-state index is 5.89. The van der Waals surface area contributed by atoms with Crippen molar-refractivity contribution in [2.75, 3.05) is 11.9 Å². The Morgan fingerprint density at radius 1 is 1.15 bits per heavy atom. The number of anilines is 1. The van der Waals surface area contributed by atoms with Gasteiger partial charge in [-0.3, -0.25) is 0 Å². The number of aromatic nitrogens is 1. The first-order valence-electron chi connectivity index (χ1n) is 7.28. The lowest BCUT2D eigenvalue weighted by Gasteiger charge is -2.09. The second-order valence-electron chi connectivity index (χ2n) is 5.15. The molecule has 1 heterocycles. The van der Waals surface area contributed by atoms with E-state index in [0.29, 0.717) is 6.61 Å². The van der Waals surface area contributed by atoms with Crippen LogP contribution >= 0.6 is 0 Å². The van der Waals surface area contributed by atoms with Crippen LogP contribution in [0.15, 0.2) is 36.5 Å². The van der Waals surface area contributed by atoms with Gasteiger partial charge in [0.1, 0.15) is 18.2 Å². The van der Waals surface area contributed by atoms with E-state index >= 15 is 0 Å². The van der Waals surface area contributed by atoms with Gasteiger partial charge in [0.25, 0.3) is 0 Å². The van der Waals surface area contributed by atoms with Crippen molar-refractivity contribution in [2.45, 2.75) is 32.8 Å². The minimum absolute atomic E-state index is 0.583. The third-order valence-electron chi connectivity index (χ3n) is 3.66. The van der Waals surface area contributed by atoms with Crippen molar-refractivity contribution >= 4 is 5.82 Å². The molecule has 0 spiro atoms. The fourth-order valence-corrected chi connectivity index (χ4v) is 2.65. The van der Waals surface area contributed by atoms with Crippen molar-refractivity contribution in [3.05, 3.63) is 53.2 Å². The van der Waals surface area contributed by atoms with E-state index in [4.69, 9.17) is 4.74 Å². The van der Waals surface area contributed by atoms with Crippen LogP contribution in [0.4, 0.5) is 5.82 Å². The second kappa shape index (κ2) is 5.95. The summed E-state index contributed by atoms with van der Waals surface area (Å²) in [5.41, 5.74) is 4.07. The molecule has 0 radical (unpaired) electrons. The maximum Gasteiger partial charge on any atom is 0.126 e. The van der Waals surface area contributed by atoms with E-state index in [-0.39, 0.29) is 0 Å². The van der Waals surface area contributed by atoms with Gasteiger partial charge in [0, 0.05) is 12.7 Å². The third kappa shape index (κ3) is 2.93. The Morgan fingerprint density at radius 3 is 2.95 bits per heavy atom. The molecule has 20 heavy (non-hydrogen) atoms. The first-order valence-corrected chi connectivity index (χ1v) is 7.28. The number of pyridine rings is 1. The summed E-state index contributed by atoms with van der Waals surface area (Å²) in [7, 11) is 0. The second-order valence-corrected chi connectivity index (χ2v) is 5.15. The van der Waals surface area contributed by atoms with Crippen LogP contribution in [0.2, 0.25) is 0 Å². The van der Waals surface area contributed by atoms with Gasteiger partial charge in [-0.25, -0.2) is 4.98 Å². The van der Waals surface area contributed by atoms with Gasteiger partial charge in [0.15, 0.2) is 0 Å². The Morgan fingerprint density at radius 2 is 2.05 bits per heavy atom. The Kier molecular flexibility index (Phi) is 3.86. The predicted octanol–water partition coefficient (Wildman–Crippen LogP) is 3.58. The topological polar surface area (TPSA) is 34.1 Å². The molecule has 1 N–H and O–H groups in total. The molecule has 0 atom stereocenters. The number of aryl methyl sites for hydroxylation is 2. The lowest BCUT2D eigenvalue weighted by molar-refractivity contribution is 0.306. The summed E-state index contributed by atoms with van der Waals surface area (Å²) in [6, 6.07) is 10.5. The van der Waals surface area contributed by atoms with Crippen molar-refractivity contribution in [3.63, 3.8) is 0 Å². The van der Waals surface area contributed by atoms with E-state index in [1.54, 1.807) is 0 Å². The highest BCUT2D eigenvalue weighted by molar-refractivity contribution is 5.39. The van der Waals surface area contributed by atoms with Crippen molar-refractivity contribution in [2.24, 2.45) is 0 Å². The molecule has 0 unspecified atom stereocenters. The molecule has 0 amide bonds. The van der Waals surface area contributed by atoms with Gasteiger partial charge in [-0.05, 0) is 67.1 Å². The molecule has 3 rings (SSSR count). The summed E-state index contributed by atoms with van der Waals surface area (Å²) in [5.74, 6) is 1.87. The van der Waals surface area contributed by atoms with Crippen LogP contribution < -0.4 is 10.1 Å². The van der Waals surface area contributed by atoms with Crippen LogP contribution in [0.25, 0.3) is 0 Å². The number of hydrogen-bond donors (Lipinski definition) is 1. The Balaban J connectivity index is 1.65. The van der Waals surface area contributed by atoms with Gasteiger partial charge in [0.05, 0.1) is 0 Å². The quantitative estimate of drug-likeness (QED) is 0.900. The first kappa shape index (κ1) is 13.0. The monoisotopic (exact) mass is 268 g/mol. The summed E-state index contributed by atoms with van der Waals surface area (Å²) in [6.45, 7) is 3.53. The minimum atomic E-state index is 0.583. The van der Waals surface area contributed by atoms with Gasteiger partial charge in [-0.15, -0.1) is 0 Å². The third-order valence-corrected chi connectivity index (χ3v) is 3.66.